The van der Waals surface area contributed by atoms with Gasteiger partial charge in [0.25, 0.3) is 0 Å². The van der Waals surface area contributed by atoms with Crippen molar-refractivity contribution in [2.24, 2.45) is 0 Å². The lowest BCUT2D eigenvalue weighted by Crippen LogP contribution is -2.29. The highest BCUT2D eigenvalue weighted by Gasteiger charge is 2.22. The van der Waals surface area contributed by atoms with Crippen LogP contribution in [0, 0.1) is 0 Å². The monoisotopic (exact) mass is 330 g/mol. The number of fused-ring (bicyclic) bond motifs is 5. The van der Waals surface area contributed by atoms with Gasteiger partial charge in [-0.3, -0.25) is 0 Å². The molecule has 3 heterocycles. The Kier molecular flexibility index (Phi) is 3.90. The third kappa shape index (κ3) is 2.48. The van der Waals surface area contributed by atoms with Crippen molar-refractivity contribution in [1.82, 2.24) is 24.5 Å². The number of aromatic nitrogens is 4. The number of nitrogens with zero attached hydrogens (tertiary/aromatic N) is 5. The van der Waals surface area contributed by atoms with Gasteiger partial charge in [0.2, 0.25) is 5.95 Å². The summed E-state index contributed by atoms with van der Waals surface area (Å²) in [6.45, 7) is 8.39. The van der Waals surface area contributed by atoms with E-state index in [1.807, 2.05) is 15.9 Å². The van der Waals surface area contributed by atoms with E-state index in [2.05, 4.69) is 34.1 Å². The molecule has 1 N–H and O–H groups in total. The second kappa shape index (κ2) is 6.05. The fourth-order valence-electron chi connectivity index (χ4n) is 3.39. The summed E-state index contributed by atoms with van der Waals surface area (Å²) in [4.78, 5) is 14.3. The van der Waals surface area contributed by atoms with Crippen molar-refractivity contribution in [1.29, 1.82) is 0 Å². The zero-order valence-corrected chi connectivity index (χ0v) is 14.5. The molecule has 6 nitrogen and oxygen atoms in total. The van der Waals surface area contributed by atoms with Gasteiger partial charge in [0.05, 0.1) is 5.39 Å². The minimum atomic E-state index is 0.803. The van der Waals surface area contributed by atoms with Gasteiger partial charge in [0.1, 0.15) is 11.2 Å². The van der Waals surface area contributed by atoms with Crippen molar-refractivity contribution in [3.05, 3.63) is 16.8 Å². The summed E-state index contributed by atoms with van der Waals surface area (Å²) in [5.41, 5.74) is 2.39. The predicted molar refractivity (Wildman–Crippen MR) is 94.5 cm³/mol. The molecule has 0 amide bonds. The Morgan fingerprint density at radius 3 is 3.00 bits per heavy atom. The van der Waals surface area contributed by atoms with Crippen LogP contribution in [0.25, 0.3) is 15.9 Å². The summed E-state index contributed by atoms with van der Waals surface area (Å²) in [6.07, 6.45) is 5.21. The van der Waals surface area contributed by atoms with Crippen LogP contribution < -0.4 is 5.32 Å². The third-order valence-electron chi connectivity index (χ3n) is 4.69. The highest BCUT2D eigenvalue weighted by atomic mass is 32.1. The summed E-state index contributed by atoms with van der Waals surface area (Å²) >= 11 is 1.82. The van der Waals surface area contributed by atoms with Crippen LogP contribution in [0.2, 0.25) is 0 Å². The molecule has 0 spiro atoms. The van der Waals surface area contributed by atoms with Gasteiger partial charge in [-0.25, -0.2) is 9.97 Å². The first-order valence-corrected chi connectivity index (χ1v) is 9.23. The van der Waals surface area contributed by atoms with Crippen molar-refractivity contribution in [3.8, 4) is 0 Å². The molecule has 0 fully saturated rings. The number of hydrogen-bond donors (Lipinski definition) is 1. The van der Waals surface area contributed by atoms with Crippen LogP contribution in [0.4, 0.5) is 5.95 Å². The molecule has 0 bridgehead atoms. The molecule has 7 heteroatoms. The van der Waals surface area contributed by atoms with Crippen LogP contribution in [0.15, 0.2) is 6.33 Å². The second-order valence-corrected chi connectivity index (χ2v) is 7.01. The molecule has 3 aromatic heterocycles. The molecule has 3 aromatic rings. The molecule has 0 aliphatic heterocycles. The first kappa shape index (κ1) is 14.8. The van der Waals surface area contributed by atoms with Gasteiger partial charge >= 0.3 is 0 Å². The number of rotatable bonds is 6. The second-order valence-electron chi connectivity index (χ2n) is 5.92. The molecule has 0 radical (unpaired) electrons. The van der Waals surface area contributed by atoms with E-state index >= 15 is 0 Å². The number of aryl methyl sites for hydroxylation is 2. The zero-order chi connectivity index (χ0) is 15.8. The Balaban J connectivity index is 1.68. The molecule has 122 valence electrons. The first-order valence-electron chi connectivity index (χ1n) is 8.42. The maximum Gasteiger partial charge on any atom is 0.227 e. The fraction of sp³-hybridized carbons (Fsp3) is 0.562. The average molecular weight is 330 g/mol. The van der Waals surface area contributed by atoms with E-state index in [0.29, 0.717) is 0 Å². The first-order chi connectivity index (χ1) is 11.3. The molecule has 4 rings (SSSR count). The minimum Gasteiger partial charge on any atom is -0.353 e. The van der Waals surface area contributed by atoms with Crippen LogP contribution in [0.5, 0.6) is 0 Å². The summed E-state index contributed by atoms with van der Waals surface area (Å²) < 4.78 is 1.86. The number of likely N-dealkylation sites (N-methyl/N-ethyl adjacent to an activating group) is 1. The van der Waals surface area contributed by atoms with Crippen molar-refractivity contribution >= 4 is 33.1 Å². The lowest BCUT2D eigenvalue weighted by Gasteiger charge is -2.18. The van der Waals surface area contributed by atoms with Gasteiger partial charge in [-0.05, 0) is 37.9 Å². The van der Waals surface area contributed by atoms with Crippen LogP contribution in [0.1, 0.15) is 30.7 Å². The Morgan fingerprint density at radius 1 is 1.30 bits per heavy atom. The van der Waals surface area contributed by atoms with Crippen LogP contribution in [-0.4, -0.2) is 50.7 Å². The summed E-state index contributed by atoms with van der Waals surface area (Å²) in [6, 6.07) is 0. The molecule has 0 atom stereocenters. The van der Waals surface area contributed by atoms with Gasteiger partial charge in [-0.2, -0.15) is 9.61 Å². The minimum absolute atomic E-state index is 0.803. The smallest absolute Gasteiger partial charge is 0.227 e. The van der Waals surface area contributed by atoms with Crippen molar-refractivity contribution in [3.63, 3.8) is 0 Å². The van der Waals surface area contributed by atoms with E-state index in [-0.39, 0.29) is 0 Å². The van der Waals surface area contributed by atoms with E-state index in [0.717, 1.165) is 49.0 Å². The molecule has 1 aliphatic carbocycles. The van der Waals surface area contributed by atoms with E-state index in [1.54, 1.807) is 6.33 Å². The van der Waals surface area contributed by atoms with Gasteiger partial charge in [-0.1, -0.05) is 13.8 Å². The molecule has 23 heavy (non-hydrogen) atoms. The molecule has 0 unspecified atom stereocenters. The van der Waals surface area contributed by atoms with Gasteiger partial charge < -0.3 is 10.2 Å². The van der Waals surface area contributed by atoms with Crippen LogP contribution >= 0.6 is 11.3 Å². The Hall–Kier alpha value is -1.73. The van der Waals surface area contributed by atoms with E-state index in [1.165, 1.54) is 28.7 Å². The van der Waals surface area contributed by atoms with Gasteiger partial charge in [-0.15, -0.1) is 11.3 Å². The molecular weight excluding hydrogens is 308 g/mol. The normalized spacial score (nSPS) is 14.2. The number of thiophene rings is 1. The summed E-state index contributed by atoms with van der Waals surface area (Å²) in [5, 5.41) is 9.04. The van der Waals surface area contributed by atoms with Crippen molar-refractivity contribution in [2.45, 2.75) is 33.1 Å². The molecule has 0 saturated carbocycles. The average Bonchev–Trinajstić information content (AvgIpc) is 3.25. The fourth-order valence-corrected chi connectivity index (χ4v) is 4.65. The highest BCUT2D eigenvalue weighted by Crippen LogP contribution is 2.38. The molecular formula is C16H22N6S. The molecule has 1 aliphatic rings. The van der Waals surface area contributed by atoms with E-state index in [4.69, 9.17) is 4.98 Å². The number of nitrogens with one attached hydrogen (secondary N) is 1. The maximum atomic E-state index is 4.84. The van der Waals surface area contributed by atoms with Crippen LogP contribution in [-0.2, 0) is 12.8 Å². The SMILES string of the molecule is CCN(CC)CCNc1nc2sc3c(c2c2ncnn12)CCC3. The van der Waals surface area contributed by atoms with E-state index < -0.39 is 0 Å². The van der Waals surface area contributed by atoms with Gasteiger partial charge in [0, 0.05) is 18.0 Å². The lowest BCUT2D eigenvalue weighted by molar-refractivity contribution is 0.315. The summed E-state index contributed by atoms with van der Waals surface area (Å²) in [5.74, 6) is 0.803. The summed E-state index contributed by atoms with van der Waals surface area (Å²) in [7, 11) is 0. The quantitative estimate of drug-likeness (QED) is 0.753. The number of hydrogen-bond acceptors (Lipinski definition) is 6. The molecule has 0 saturated heterocycles. The Labute approximate surface area is 139 Å². The maximum absolute atomic E-state index is 4.84. The largest absolute Gasteiger partial charge is 0.353 e. The standard InChI is InChI=1S/C16H22N6S/c1-3-21(4-2)9-8-17-16-20-15-13(14-18-10-19-22(14)16)11-6-5-7-12(11)23-15/h10H,3-9H2,1-2H3,(H,17,20). The third-order valence-corrected chi connectivity index (χ3v) is 5.87. The Bertz CT molecular complexity index is 832. The number of anilines is 1. The van der Waals surface area contributed by atoms with Gasteiger partial charge in [0.15, 0.2) is 5.65 Å². The van der Waals surface area contributed by atoms with Crippen LogP contribution in [0.3, 0.4) is 0 Å². The highest BCUT2D eigenvalue weighted by molar-refractivity contribution is 7.19. The Morgan fingerprint density at radius 2 is 2.17 bits per heavy atom. The van der Waals surface area contributed by atoms with E-state index in [9.17, 15) is 0 Å². The molecule has 0 aromatic carbocycles. The van der Waals surface area contributed by atoms with Crippen molar-refractivity contribution < 1.29 is 0 Å². The zero-order valence-electron chi connectivity index (χ0n) is 13.7. The van der Waals surface area contributed by atoms with Crippen molar-refractivity contribution in [2.75, 3.05) is 31.5 Å². The predicted octanol–water partition coefficient (Wildman–Crippen LogP) is 2.58. The topological polar surface area (TPSA) is 58.3 Å². The lowest BCUT2D eigenvalue weighted by atomic mass is 10.2.